The maximum atomic E-state index is 11.7. The molecule has 0 fully saturated rings. The highest BCUT2D eigenvalue weighted by Gasteiger charge is 2.10. The summed E-state index contributed by atoms with van der Waals surface area (Å²) < 4.78 is 0. The highest BCUT2D eigenvalue weighted by atomic mass is 16.1. The fourth-order valence-electron chi connectivity index (χ4n) is 1.65. The highest BCUT2D eigenvalue weighted by molar-refractivity contribution is 6.08. The molecule has 0 radical (unpaired) electrons. The Morgan fingerprint density at radius 2 is 2.38 bits per heavy atom. The summed E-state index contributed by atoms with van der Waals surface area (Å²) in [6.45, 7) is 1.82. The van der Waals surface area contributed by atoms with E-state index >= 15 is 0 Å². The van der Waals surface area contributed by atoms with Gasteiger partial charge < -0.3 is 4.98 Å². The molecule has 1 heterocycles. The molecule has 0 bridgehead atoms. The SMILES string of the molecule is Cc1ccc2[nH]cc(C(=O)CN=[N+]=[N-])c2c1. The fraction of sp³-hybridized carbons (Fsp3) is 0.182. The number of aromatic nitrogens is 1. The van der Waals surface area contributed by atoms with Crippen LogP contribution < -0.4 is 0 Å². The number of hydrogen-bond donors (Lipinski definition) is 1. The lowest BCUT2D eigenvalue weighted by Gasteiger charge is -1.96. The van der Waals surface area contributed by atoms with Gasteiger partial charge in [0, 0.05) is 27.6 Å². The van der Waals surface area contributed by atoms with Gasteiger partial charge in [-0.3, -0.25) is 4.79 Å². The van der Waals surface area contributed by atoms with Crippen molar-refractivity contribution in [3.05, 3.63) is 46.0 Å². The van der Waals surface area contributed by atoms with Crippen LogP contribution >= 0.6 is 0 Å². The number of ketones is 1. The fourth-order valence-corrected chi connectivity index (χ4v) is 1.65. The van der Waals surface area contributed by atoms with E-state index in [-0.39, 0.29) is 12.3 Å². The molecule has 0 spiro atoms. The summed E-state index contributed by atoms with van der Waals surface area (Å²) in [6.07, 6.45) is 1.65. The van der Waals surface area contributed by atoms with Crippen molar-refractivity contribution in [2.75, 3.05) is 6.54 Å². The van der Waals surface area contributed by atoms with E-state index in [0.29, 0.717) is 5.56 Å². The molecule has 0 amide bonds. The molecule has 2 rings (SSSR count). The van der Waals surface area contributed by atoms with Crippen molar-refractivity contribution in [3.63, 3.8) is 0 Å². The summed E-state index contributed by atoms with van der Waals surface area (Å²) in [5, 5.41) is 4.15. The van der Waals surface area contributed by atoms with E-state index in [9.17, 15) is 4.79 Å². The van der Waals surface area contributed by atoms with Crippen molar-refractivity contribution in [1.82, 2.24) is 4.98 Å². The zero-order valence-electron chi connectivity index (χ0n) is 8.77. The number of Topliss-reactive ketones (excluding diaryl/α,β-unsaturated/α-hetero) is 1. The number of carbonyl (C=O) groups excluding carboxylic acids is 1. The van der Waals surface area contributed by atoms with Gasteiger partial charge in [-0.05, 0) is 24.6 Å². The zero-order chi connectivity index (χ0) is 11.5. The molecule has 0 unspecified atom stereocenters. The molecule has 0 aliphatic carbocycles. The predicted octanol–water partition coefficient (Wildman–Crippen LogP) is 2.97. The van der Waals surface area contributed by atoms with Crippen molar-refractivity contribution < 1.29 is 4.79 Å². The quantitative estimate of drug-likeness (QED) is 0.362. The van der Waals surface area contributed by atoms with Gasteiger partial charge in [0.2, 0.25) is 0 Å². The van der Waals surface area contributed by atoms with Gasteiger partial charge in [0.25, 0.3) is 0 Å². The monoisotopic (exact) mass is 214 g/mol. The molecule has 0 aliphatic heterocycles. The Hall–Kier alpha value is -2.26. The van der Waals surface area contributed by atoms with Gasteiger partial charge in [-0.2, -0.15) is 0 Å². The first-order valence-corrected chi connectivity index (χ1v) is 4.84. The average molecular weight is 214 g/mol. The molecule has 5 heteroatoms. The van der Waals surface area contributed by atoms with E-state index in [1.54, 1.807) is 6.20 Å². The second-order valence-corrected chi connectivity index (χ2v) is 3.56. The van der Waals surface area contributed by atoms with Gasteiger partial charge in [0.1, 0.15) is 0 Å². The molecule has 16 heavy (non-hydrogen) atoms. The maximum Gasteiger partial charge on any atom is 0.170 e. The third-order valence-corrected chi connectivity index (χ3v) is 2.42. The van der Waals surface area contributed by atoms with Crippen LogP contribution in [0.5, 0.6) is 0 Å². The van der Waals surface area contributed by atoms with E-state index in [1.807, 2.05) is 25.1 Å². The molecule has 0 atom stereocenters. The van der Waals surface area contributed by atoms with Gasteiger partial charge in [-0.25, -0.2) is 0 Å². The number of nitrogens with one attached hydrogen (secondary N) is 1. The summed E-state index contributed by atoms with van der Waals surface area (Å²) >= 11 is 0. The van der Waals surface area contributed by atoms with Crippen molar-refractivity contribution in [3.8, 4) is 0 Å². The Morgan fingerprint density at radius 3 is 3.12 bits per heavy atom. The Bertz CT molecular complexity index is 593. The topological polar surface area (TPSA) is 81.6 Å². The molecule has 1 aromatic heterocycles. The lowest BCUT2D eigenvalue weighted by Crippen LogP contribution is -2.01. The van der Waals surface area contributed by atoms with Gasteiger partial charge in [-0.15, -0.1) is 0 Å². The van der Waals surface area contributed by atoms with E-state index in [4.69, 9.17) is 5.53 Å². The van der Waals surface area contributed by atoms with Crippen molar-refractivity contribution in [2.24, 2.45) is 5.11 Å². The van der Waals surface area contributed by atoms with Crippen molar-refractivity contribution in [2.45, 2.75) is 6.92 Å². The van der Waals surface area contributed by atoms with Crippen molar-refractivity contribution >= 4 is 16.7 Å². The number of azide groups is 1. The second-order valence-electron chi connectivity index (χ2n) is 3.56. The van der Waals surface area contributed by atoms with Gasteiger partial charge in [0.15, 0.2) is 5.78 Å². The first-order valence-electron chi connectivity index (χ1n) is 4.84. The largest absolute Gasteiger partial charge is 0.360 e. The van der Waals surface area contributed by atoms with Gasteiger partial charge in [0.05, 0.1) is 6.54 Å². The number of nitrogens with zero attached hydrogens (tertiary/aromatic N) is 3. The molecule has 0 saturated heterocycles. The average Bonchev–Trinajstić information content (AvgIpc) is 2.68. The van der Waals surface area contributed by atoms with Crippen LogP contribution in [0.4, 0.5) is 0 Å². The van der Waals surface area contributed by atoms with E-state index in [2.05, 4.69) is 15.0 Å². The van der Waals surface area contributed by atoms with Crippen LogP contribution in [-0.2, 0) is 0 Å². The zero-order valence-corrected chi connectivity index (χ0v) is 8.77. The molecule has 5 nitrogen and oxygen atoms in total. The van der Waals surface area contributed by atoms with Gasteiger partial charge >= 0.3 is 0 Å². The smallest absolute Gasteiger partial charge is 0.170 e. The molecular formula is C11H10N4O. The third-order valence-electron chi connectivity index (χ3n) is 2.42. The van der Waals surface area contributed by atoms with E-state index in [1.165, 1.54) is 0 Å². The van der Waals surface area contributed by atoms with Crippen molar-refractivity contribution in [1.29, 1.82) is 0 Å². The van der Waals surface area contributed by atoms with Crippen LogP contribution in [0.3, 0.4) is 0 Å². The first-order chi connectivity index (χ1) is 7.72. The Labute approximate surface area is 91.7 Å². The number of rotatable bonds is 3. The summed E-state index contributed by atoms with van der Waals surface area (Å²) in [6, 6.07) is 5.84. The standard InChI is InChI=1S/C11H10N4O/c1-7-2-3-10-8(4-7)9(5-13-10)11(16)6-14-15-12/h2-5,13H,6H2,1H3. The first kappa shape index (κ1) is 10.3. The Morgan fingerprint density at radius 1 is 1.56 bits per heavy atom. The summed E-state index contributed by atoms with van der Waals surface area (Å²) in [5.74, 6) is -0.172. The molecule has 1 N–H and O–H groups in total. The van der Waals surface area contributed by atoms with Crippen LogP contribution in [0.1, 0.15) is 15.9 Å². The molecular weight excluding hydrogens is 204 g/mol. The molecule has 0 saturated carbocycles. The second kappa shape index (κ2) is 4.08. The number of benzene rings is 1. The summed E-state index contributed by atoms with van der Waals surface area (Å²) in [7, 11) is 0. The number of hydrogen-bond acceptors (Lipinski definition) is 2. The van der Waals surface area contributed by atoms with E-state index in [0.717, 1.165) is 16.5 Å². The minimum absolute atomic E-state index is 0.141. The Kier molecular flexibility index (Phi) is 2.62. The number of carbonyl (C=O) groups is 1. The minimum Gasteiger partial charge on any atom is -0.360 e. The van der Waals surface area contributed by atoms with Crippen LogP contribution in [0.15, 0.2) is 29.5 Å². The predicted molar refractivity (Wildman–Crippen MR) is 61.4 cm³/mol. The molecule has 0 aliphatic rings. The Balaban J connectivity index is 2.48. The molecule has 1 aromatic carbocycles. The number of fused-ring (bicyclic) bond motifs is 1. The summed E-state index contributed by atoms with van der Waals surface area (Å²) in [4.78, 5) is 17.3. The lowest BCUT2D eigenvalue weighted by molar-refractivity contribution is 0.100. The molecule has 80 valence electrons. The van der Waals surface area contributed by atoms with Crippen LogP contribution in [-0.4, -0.2) is 17.3 Å². The number of H-pyrrole nitrogens is 1. The van der Waals surface area contributed by atoms with Crippen LogP contribution in [0, 0.1) is 6.92 Å². The van der Waals surface area contributed by atoms with Crippen LogP contribution in [0.2, 0.25) is 0 Å². The van der Waals surface area contributed by atoms with E-state index < -0.39 is 0 Å². The van der Waals surface area contributed by atoms with Gasteiger partial charge in [-0.1, -0.05) is 16.7 Å². The number of aromatic amines is 1. The minimum atomic E-state index is -0.172. The third kappa shape index (κ3) is 1.76. The highest BCUT2D eigenvalue weighted by Crippen LogP contribution is 2.20. The number of aryl methyl sites for hydroxylation is 1. The molecule has 2 aromatic rings. The lowest BCUT2D eigenvalue weighted by atomic mass is 10.1. The normalized spacial score (nSPS) is 10.1. The summed E-state index contributed by atoms with van der Waals surface area (Å²) in [5.41, 5.74) is 10.7. The maximum absolute atomic E-state index is 11.7. The van der Waals surface area contributed by atoms with Crippen LogP contribution in [0.25, 0.3) is 21.3 Å².